The summed E-state index contributed by atoms with van der Waals surface area (Å²) in [6, 6.07) is 3.80. The minimum absolute atomic E-state index is 0.473. The van der Waals surface area contributed by atoms with Gasteiger partial charge in [-0.3, -0.25) is 0 Å². The molecule has 0 amide bonds. The zero-order valence-electron chi connectivity index (χ0n) is 12.7. The number of ether oxygens (including phenoxy) is 5. The normalized spacial score (nSPS) is 20.0. The first-order valence-electron chi connectivity index (χ1n) is 7.45. The third-order valence-electron chi connectivity index (χ3n) is 2.96. The first-order chi connectivity index (χ1) is 10.8. The van der Waals surface area contributed by atoms with Gasteiger partial charge in [-0.05, 0) is 12.1 Å². The summed E-state index contributed by atoms with van der Waals surface area (Å²) in [5, 5.41) is 0. The first-order valence-corrected chi connectivity index (χ1v) is 7.86. The van der Waals surface area contributed by atoms with E-state index >= 15 is 0 Å². The van der Waals surface area contributed by atoms with Crippen molar-refractivity contribution in [2.24, 2.45) is 0 Å². The molecule has 1 aromatic heterocycles. The molecule has 0 aromatic carbocycles. The number of hydrogen-bond donors (Lipinski definition) is 1. The van der Waals surface area contributed by atoms with Gasteiger partial charge in [0.1, 0.15) is 0 Å². The maximum absolute atomic E-state index is 5.57. The molecule has 0 saturated heterocycles. The first kappa shape index (κ1) is 17.5. The lowest BCUT2D eigenvalue weighted by molar-refractivity contribution is -0.0152. The highest BCUT2D eigenvalue weighted by Crippen LogP contribution is 2.05. The molecule has 1 aliphatic rings. The number of fused-ring (bicyclic) bond motifs is 2. The van der Waals surface area contributed by atoms with Crippen molar-refractivity contribution >= 4 is 12.2 Å². The van der Waals surface area contributed by atoms with E-state index in [9.17, 15) is 0 Å². The van der Waals surface area contributed by atoms with Crippen LogP contribution >= 0.6 is 12.2 Å². The highest BCUT2D eigenvalue weighted by Gasteiger charge is 2.00. The van der Waals surface area contributed by atoms with Crippen molar-refractivity contribution in [2.75, 3.05) is 52.9 Å². The van der Waals surface area contributed by atoms with Gasteiger partial charge in [0.2, 0.25) is 0 Å². The molecule has 0 atom stereocenters. The number of aromatic amines is 1. The average molecular weight is 329 g/mol. The molecule has 2 bridgehead atoms. The van der Waals surface area contributed by atoms with E-state index in [2.05, 4.69) is 4.98 Å². The summed E-state index contributed by atoms with van der Waals surface area (Å²) in [5.41, 5.74) is 1.87. The number of H-pyrrole nitrogens is 1. The molecule has 22 heavy (non-hydrogen) atoms. The fourth-order valence-electron chi connectivity index (χ4n) is 1.96. The fourth-order valence-corrected chi connectivity index (χ4v) is 2.25. The van der Waals surface area contributed by atoms with Crippen LogP contribution in [-0.2, 0) is 36.9 Å². The van der Waals surface area contributed by atoms with Gasteiger partial charge >= 0.3 is 0 Å². The van der Waals surface area contributed by atoms with Crippen LogP contribution in [0.3, 0.4) is 0 Å². The predicted molar refractivity (Wildman–Crippen MR) is 83.4 cm³/mol. The van der Waals surface area contributed by atoms with Crippen LogP contribution in [0.1, 0.15) is 11.4 Å². The summed E-state index contributed by atoms with van der Waals surface area (Å²) in [5.74, 6) is 0. The summed E-state index contributed by atoms with van der Waals surface area (Å²) >= 11 is 5.26. The molecule has 6 nitrogen and oxygen atoms in total. The summed E-state index contributed by atoms with van der Waals surface area (Å²) in [7, 11) is 0. The topological polar surface area (TPSA) is 61.9 Å². The molecule has 2 rings (SSSR count). The SMILES string of the molecule is S=c1cc2[nH]c(c1)COCCOCCOCCOCCOC2. The standard InChI is InChI=1S/C15H23NO5S/c22-15-9-13-11-20-7-5-18-3-1-17-2-4-19-6-8-21-12-14(10-15)16-13/h9-10H,1-8,11-12H2,(H,16,22). The Kier molecular flexibility index (Phi) is 8.62. The number of pyridine rings is 1. The van der Waals surface area contributed by atoms with Crippen LogP contribution < -0.4 is 0 Å². The second kappa shape index (κ2) is 10.8. The maximum Gasteiger partial charge on any atom is 0.0867 e. The van der Waals surface area contributed by atoms with E-state index in [4.69, 9.17) is 35.9 Å². The fraction of sp³-hybridized carbons (Fsp3) is 0.667. The molecule has 7 heteroatoms. The molecule has 0 radical (unpaired) electrons. The lowest BCUT2D eigenvalue weighted by Crippen LogP contribution is -2.14. The van der Waals surface area contributed by atoms with E-state index in [1.54, 1.807) is 0 Å². The highest BCUT2D eigenvalue weighted by atomic mass is 32.1. The molecular formula is C15H23NO5S. The van der Waals surface area contributed by atoms with Crippen molar-refractivity contribution in [3.8, 4) is 0 Å². The molecule has 0 spiro atoms. The van der Waals surface area contributed by atoms with Crippen LogP contribution in [0.25, 0.3) is 0 Å². The molecule has 0 unspecified atom stereocenters. The molecule has 2 heterocycles. The van der Waals surface area contributed by atoms with Gasteiger partial charge in [0.05, 0.1) is 66.1 Å². The largest absolute Gasteiger partial charge is 0.377 e. The molecule has 0 aliphatic carbocycles. The average Bonchev–Trinajstić information content (AvgIpc) is 2.50. The van der Waals surface area contributed by atoms with E-state index in [1.807, 2.05) is 12.1 Å². The zero-order valence-corrected chi connectivity index (χ0v) is 13.5. The van der Waals surface area contributed by atoms with Crippen LogP contribution in [-0.4, -0.2) is 57.8 Å². The Morgan fingerprint density at radius 3 is 1.41 bits per heavy atom. The van der Waals surface area contributed by atoms with Gasteiger partial charge in [-0.15, -0.1) is 0 Å². The Labute approximate surface area is 135 Å². The maximum atomic E-state index is 5.57. The van der Waals surface area contributed by atoms with Gasteiger partial charge in [-0.25, -0.2) is 0 Å². The minimum Gasteiger partial charge on any atom is -0.377 e. The van der Waals surface area contributed by atoms with Crippen molar-refractivity contribution < 1.29 is 23.7 Å². The number of hydrogen-bond acceptors (Lipinski definition) is 6. The summed E-state index contributed by atoms with van der Waals surface area (Å²) < 4.78 is 28.1. The number of nitrogens with one attached hydrogen (secondary N) is 1. The van der Waals surface area contributed by atoms with E-state index in [0.717, 1.165) is 15.9 Å². The zero-order chi connectivity index (χ0) is 15.5. The van der Waals surface area contributed by atoms with E-state index < -0.39 is 0 Å². The minimum atomic E-state index is 0.473. The van der Waals surface area contributed by atoms with Gasteiger partial charge in [0.25, 0.3) is 0 Å². The van der Waals surface area contributed by atoms with Crippen LogP contribution in [0.15, 0.2) is 12.1 Å². The van der Waals surface area contributed by atoms with Crippen molar-refractivity contribution in [2.45, 2.75) is 13.2 Å². The highest BCUT2D eigenvalue weighted by molar-refractivity contribution is 7.71. The van der Waals surface area contributed by atoms with Gasteiger partial charge in [-0.1, -0.05) is 12.2 Å². The monoisotopic (exact) mass is 329 g/mol. The van der Waals surface area contributed by atoms with Gasteiger partial charge in [-0.2, -0.15) is 0 Å². The third-order valence-corrected chi connectivity index (χ3v) is 3.19. The van der Waals surface area contributed by atoms with E-state index in [1.165, 1.54) is 0 Å². The lowest BCUT2D eigenvalue weighted by Gasteiger charge is -2.11. The van der Waals surface area contributed by atoms with Crippen LogP contribution in [0.5, 0.6) is 0 Å². The van der Waals surface area contributed by atoms with Gasteiger partial charge < -0.3 is 28.7 Å². The third kappa shape index (κ3) is 7.44. The van der Waals surface area contributed by atoms with Crippen LogP contribution in [0, 0.1) is 4.51 Å². The van der Waals surface area contributed by atoms with Crippen molar-refractivity contribution in [3.05, 3.63) is 28.0 Å². The van der Waals surface area contributed by atoms with Crippen LogP contribution in [0.2, 0.25) is 0 Å². The Morgan fingerprint density at radius 1 is 0.636 bits per heavy atom. The Hall–Kier alpha value is -0.830. The van der Waals surface area contributed by atoms with Crippen molar-refractivity contribution in [1.29, 1.82) is 0 Å². The molecule has 124 valence electrons. The van der Waals surface area contributed by atoms with E-state index in [0.29, 0.717) is 66.1 Å². The molecule has 0 saturated carbocycles. The second-order valence-corrected chi connectivity index (χ2v) is 5.28. The summed E-state index contributed by atoms with van der Waals surface area (Å²) in [4.78, 5) is 3.27. The molecular weight excluding hydrogens is 306 g/mol. The predicted octanol–water partition coefficient (Wildman–Crippen LogP) is 1.84. The quantitative estimate of drug-likeness (QED) is 0.733. The van der Waals surface area contributed by atoms with Crippen LogP contribution in [0.4, 0.5) is 0 Å². The molecule has 1 aromatic rings. The number of aromatic nitrogens is 1. The Morgan fingerprint density at radius 2 is 1.00 bits per heavy atom. The molecule has 1 aliphatic heterocycles. The molecule has 0 fully saturated rings. The van der Waals surface area contributed by atoms with Gasteiger partial charge in [0, 0.05) is 15.9 Å². The van der Waals surface area contributed by atoms with Crippen molar-refractivity contribution in [1.82, 2.24) is 4.98 Å². The second-order valence-electron chi connectivity index (χ2n) is 4.81. The van der Waals surface area contributed by atoms with E-state index in [-0.39, 0.29) is 0 Å². The smallest absolute Gasteiger partial charge is 0.0867 e. The van der Waals surface area contributed by atoms with Gasteiger partial charge in [0.15, 0.2) is 0 Å². The lowest BCUT2D eigenvalue weighted by atomic mass is 10.3. The number of rotatable bonds is 0. The summed E-state index contributed by atoms with van der Waals surface area (Å²) in [6.45, 7) is 5.35. The Balaban J connectivity index is 1.86. The van der Waals surface area contributed by atoms with Crippen molar-refractivity contribution in [3.63, 3.8) is 0 Å². The Bertz CT molecular complexity index is 442. The molecule has 1 N–H and O–H groups in total. The summed E-state index contributed by atoms with van der Waals surface area (Å²) in [6.07, 6.45) is 0.